The maximum absolute atomic E-state index is 10.3. The zero-order chi connectivity index (χ0) is 12.4. The fraction of sp³-hybridized carbons (Fsp3) is 0.143. The molecule has 0 fully saturated rings. The van der Waals surface area contributed by atoms with E-state index in [4.69, 9.17) is 23.2 Å². The lowest BCUT2D eigenvalue weighted by molar-refractivity contribution is 0.220. The first-order valence-corrected chi connectivity index (χ1v) is 6.03. The molecule has 1 N–H and O–H groups in total. The molecule has 0 heterocycles. The van der Waals surface area contributed by atoms with Crippen molar-refractivity contribution in [3.05, 3.63) is 69.2 Å². The summed E-state index contributed by atoms with van der Waals surface area (Å²) in [7, 11) is 0. The third-order valence-electron chi connectivity index (χ3n) is 2.63. The predicted molar refractivity (Wildman–Crippen MR) is 71.7 cm³/mol. The number of aliphatic hydroxyl groups is 1. The van der Waals surface area contributed by atoms with E-state index in [0.717, 1.165) is 11.1 Å². The molecule has 0 aliphatic rings. The van der Waals surface area contributed by atoms with Crippen LogP contribution in [0, 0.1) is 6.92 Å². The van der Waals surface area contributed by atoms with Crippen molar-refractivity contribution in [2.24, 2.45) is 0 Å². The van der Waals surface area contributed by atoms with E-state index >= 15 is 0 Å². The molecule has 0 aliphatic heterocycles. The van der Waals surface area contributed by atoms with E-state index in [1.807, 2.05) is 31.2 Å². The maximum atomic E-state index is 10.3. The molecule has 88 valence electrons. The van der Waals surface area contributed by atoms with Gasteiger partial charge in [0.15, 0.2) is 0 Å². The molecule has 1 atom stereocenters. The monoisotopic (exact) mass is 266 g/mol. The van der Waals surface area contributed by atoms with E-state index in [1.54, 1.807) is 18.2 Å². The van der Waals surface area contributed by atoms with Gasteiger partial charge in [0.1, 0.15) is 6.10 Å². The molecule has 2 aromatic carbocycles. The molecule has 2 rings (SSSR count). The molecule has 0 aromatic heterocycles. The number of hydrogen-bond acceptors (Lipinski definition) is 1. The van der Waals surface area contributed by atoms with Gasteiger partial charge in [0.2, 0.25) is 0 Å². The van der Waals surface area contributed by atoms with Crippen LogP contribution in [0.1, 0.15) is 22.8 Å². The van der Waals surface area contributed by atoms with Gasteiger partial charge in [-0.05, 0) is 24.6 Å². The first-order chi connectivity index (χ1) is 8.09. The lowest BCUT2D eigenvalue weighted by atomic mass is 10.00. The van der Waals surface area contributed by atoms with Gasteiger partial charge in [-0.1, -0.05) is 59.1 Å². The Morgan fingerprint density at radius 1 is 1.00 bits per heavy atom. The van der Waals surface area contributed by atoms with Gasteiger partial charge < -0.3 is 5.11 Å². The topological polar surface area (TPSA) is 20.2 Å². The van der Waals surface area contributed by atoms with E-state index in [9.17, 15) is 5.11 Å². The lowest BCUT2D eigenvalue weighted by Crippen LogP contribution is -2.01. The Hall–Kier alpha value is -1.02. The first kappa shape index (κ1) is 12.4. The SMILES string of the molecule is Cc1cccc(C(O)c2c(Cl)cccc2Cl)c1. The minimum absolute atomic E-state index is 0.478. The van der Waals surface area contributed by atoms with Gasteiger partial charge in [-0.25, -0.2) is 0 Å². The molecule has 17 heavy (non-hydrogen) atoms. The van der Waals surface area contributed by atoms with E-state index in [1.165, 1.54) is 0 Å². The third-order valence-corrected chi connectivity index (χ3v) is 3.29. The highest BCUT2D eigenvalue weighted by Crippen LogP contribution is 2.34. The van der Waals surface area contributed by atoms with Crippen LogP contribution in [-0.4, -0.2) is 5.11 Å². The molecular weight excluding hydrogens is 255 g/mol. The van der Waals surface area contributed by atoms with Crippen LogP contribution in [0.25, 0.3) is 0 Å². The highest BCUT2D eigenvalue weighted by Gasteiger charge is 2.17. The number of rotatable bonds is 2. The van der Waals surface area contributed by atoms with Gasteiger partial charge in [0, 0.05) is 15.6 Å². The Kier molecular flexibility index (Phi) is 3.72. The normalized spacial score (nSPS) is 12.5. The summed E-state index contributed by atoms with van der Waals surface area (Å²) >= 11 is 12.1. The second-order valence-corrected chi connectivity index (χ2v) is 4.77. The predicted octanol–water partition coefficient (Wildman–Crippen LogP) is 4.38. The average Bonchev–Trinajstić information content (AvgIpc) is 2.28. The number of benzene rings is 2. The molecule has 0 radical (unpaired) electrons. The quantitative estimate of drug-likeness (QED) is 0.855. The Morgan fingerprint density at radius 2 is 1.59 bits per heavy atom. The Bertz CT molecular complexity index is 517. The van der Waals surface area contributed by atoms with Crippen molar-refractivity contribution in [3.8, 4) is 0 Å². The first-order valence-electron chi connectivity index (χ1n) is 5.28. The average molecular weight is 267 g/mol. The van der Waals surface area contributed by atoms with Crippen molar-refractivity contribution < 1.29 is 5.11 Å². The van der Waals surface area contributed by atoms with E-state index in [-0.39, 0.29) is 0 Å². The van der Waals surface area contributed by atoms with Crippen molar-refractivity contribution in [2.75, 3.05) is 0 Å². The summed E-state index contributed by atoms with van der Waals surface area (Å²) in [6.45, 7) is 1.98. The molecule has 0 saturated carbocycles. The van der Waals surface area contributed by atoms with Crippen molar-refractivity contribution >= 4 is 23.2 Å². The number of hydrogen-bond donors (Lipinski definition) is 1. The summed E-state index contributed by atoms with van der Waals surface area (Å²) in [6.07, 6.45) is -0.795. The Balaban J connectivity index is 2.47. The second kappa shape index (κ2) is 5.09. The van der Waals surface area contributed by atoms with Crippen LogP contribution in [0.15, 0.2) is 42.5 Å². The third kappa shape index (κ3) is 2.63. The smallest absolute Gasteiger partial charge is 0.107 e. The van der Waals surface area contributed by atoms with Gasteiger partial charge in [0.25, 0.3) is 0 Å². The number of aliphatic hydroxyl groups excluding tert-OH is 1. The minimum atomic E-state index is -0.795. The molecule has 0 saturated heterocycles. The van der Waals surface area contributed by atoms with Crippen LogP contribution in [0.2, 0.25) is 10.0 Å². The van der Waals surface area contributed by atoms with E-state index < -0.39 is 6.10 Å². The van der Waals surface area contributed by atoms with E-state index in [0.29, 0.717) is 15.6 Å². The van der Waals surface area contributed by atoms with Crippen molar-refractivity contribution in [2.45, 2.75) is 13.0 Å². The van der Waals surface area contributed by atoms with Crippen LogP contribution in [-0.2, 0) is 0 Å². The van der Waals surface area contributed by atoms with Gasteiger partial charge in [-0.15, -0.1) is 0 Å². The van der Waals surface area contributed by atoms with Gasteiger partial charge >= 0.3 is 0 Å². The van der Waals surface area contributed by atoms with Crippen molar-refractivity contribution in [3.63, 3.8) is 0 Å². The fourth-order valence-electron chi connectivity index (χ4n) is 1.78. The van der Waals surface area contributed by atoms with Crippen molar-refractivity contribution in [1.29, 1.82) is 0 Å². The zero-order valence-corrected chi connectivity index (χ0v) is 10.8. The molecule has 1 nitrogen and oxygen atoms in total. The summed E-state index contributed by atoms with van der Waals surface area (Å²) < 4.78 is 0. The summed E-state index contributed by atoms with van der Waals surface area (Å²) in [5.41, 5.74) is 2.44. The van der Waals surface area contributed by atoms with E-state index in [2.05, 4.69) is 0 Å². The molecule has 0 amide bonds. The zero-order valence-electron chi connectivity index (χ0n) is 9.32. The molecule has 0 spiro atoms. The number of aryl methyl sites for hydroxylation is 1. The van der Waals surface area contributed by atoms with Crippen LogP contribution in [0.5, 0.6) is 0 Å². The van der Waals surface area contributed by atoms with Crippen LogP contribution >= 0.6 is 23.2 Å². The standard InChI is InChI=1S/C14H12Cl2O/c1-9-4-2-5-10(8-9)14(17)13-11(15)6-3-7-12(13)16/h2-8,14,17H,1H3. The lowest BCUT2D eigenvalue weighted by Gasteiger charge is -2.15. The molecule has 0 bridgehead atoms. The minimum Gasteiger partial charge on any atom is -0.384 e. The van der Waals surface area contributed by atoms with Gasteiger partial charge in [-0.2, -0.15) is 0 Å². The van der Waals surface area contributed by atoms with Crippen LogP contribution in [0.3, 0.4) is 0 Å². The highest BCUT2D eigenvalue weighted by molar-refractivity contribution is 6.36. The summed E-state index contributed by atoms with van der Waals surface area (Å²) in [6, 6.07) is 12.9. The van der Waals surface area contributed by atoms with Crippen LogP contribution in [0.4, 0.5) is 0 Å². The fourth-order valence-corrected chi connectivity index (χ4v) is 2.38. The number of halogens is 2. The Morgan fingerprint density at radius 3 is 2.18 bits per heavy atom. The van der Waals surface area contributed by atoms with Crippen molar-refractivity contribution in [1.82, 2.24) is 0 Å². The summed E-state index contributed by atoms with van der Waals surface area (Å²) in [4.78, 5) is 0. The maximum Gasteiger partial charge on any atom is 0.107 e. The van der Waals surface area contributed by atoms with Crippen LogP contribution < -0.4 is 0 Å². The molecule has 2 aromatic rings. The molecular formula is C14H12Cl2O. The van der Waals surface area contributed by atoms with Gasteiger partial charge in [0.05, 0.1) is 0 Å². The summed E-state index contributed by atoms with van der Waals surface area (Å²) in [5.74, 6) is 0. The second-order valence-electron chi connectivity index (χ2n) is 3.95. The van der Waals surface area contributed by atoms with Gasteiger partial charge in [-0.3, -0.25) is 0 Å². The Labute approximate surface area is 111 Å². The summed E-state index contributed by atoms with van der Waals surface area (Å²) in [5, 5.41) is 11.3. The molecule has 1 unspecified atom stereocenters. The molecule has 3 heteroatoms. The largest absolute Gasteiger partial charge is 0.384 e. The molecule has 0 aliphatic carbocycles. The highest BCUT2D eigenvalue weighted by atomic mass is 35.5.